The number of carbonyl (C=O) groups is 1. The van der Waals surface area contributed by atoms with Crippen LogP contribution in [0.3, 0.4) is 0 Å². The number of hydrogen-bond acceptors (Lipinski definition) is 4. The van der Waals surface area contributed by atoms with Gasteiger partial charge in [-0.15, -0.1) is 11.3 Å². The maximum absolute atomic E-state index is 13.1. The molecular formula is C26H25N3OS. The van der Waals surface area contributed by atoms with E-state index < -0.39 is 0 Å². The number of anilines is 1. The molecule has 2 aromatic carbocycles. The van der Waals surface area contributed by atoms with Crippen LogP contribution in [-0.4, -0.2) is 16.9 Å². The van der Waals surface area contributed by atoms with E-state index in [-0.39, 0.29) is 11.9 Å². The van der Waals surface area contributed by atoms with Crippen LogP contribution in [0.1, 0.15) is 41.8 Å². The third-order valence-corrected chi connectivity index (χ3v) is 7.10. The monoisotopic (exact) mass is 427 g/mol. The molecule has 3 N–H and O–H groups in total. The molecular weight excluding hydrogens is 402 g/mol. The van der Waals surface area contributed by atoms with Gasteiger partial charge < -0.3 is 11.1 Å². The minimum absolute atomic E-state index is 0.0762. The third-order valence-electron chi connectivity index (χ3n) is 6.00. The van der Waals surface area contributed by atoms with Gasteiger partial charge in [0.2, 0.25) is 0 Å². The van der Waals surface area contributed by atoms with E-state index in [4.69, 9.17) is 10.7 Å². The van der Waals surface area contributed by atoms with Crippen LogP contribution in [-0.2, 0) is 0 Å². The van der Waals surface area contributed by atoms with Crippen LogP contribution in [0, 0.1) is 0 Å². The highest BCUT2D eigenvalue weighted by Gasteiger charge is 2.24. The lowest BCUT2D eigenvalue weighted by Crippen LogP contribution is -2.36. The van der Waals surface area contributed by atoms with Crippen molar-refractivity contribution in [1.82, 2.24) is 10.3 Å². The molecule has 1 saturated carbocycles. The van der Waals surface area contributed by atoms with Gasteiger partial charge in [0.1, 0.15) is 9.71 Å². The first-order valence-electron chi connectivity index (χ1n) is 10.9. The number of nitrogen functional groups attached to an aromatic ring is 1. The van der Waals surface area contributed by atoms with E-state index >= 15 is 0 Å². The molecule has 0 spiro atoms. The summed E-state index contributed by atoms with van der Waals surface area (Å²) in [6.45, 7) is 0. The molecule has 5 heteroatoms. The fraction of sp³-hybridized carbons (Fsp3) is 0.231. The number of pyridine rings is 1. The zero-order chi connectivity index (χ0) is 21.2. The second-order valence-corrected chi connectivity index (χ2v) is 9.12. The zero-order valence-corrected chi connectivity index (χ0v) is 18.1. The Hall–Kier alpha value is -3.18. The summed E-state index contributed by atoms with van der Waals surface area (Å²) in [6, 6.07) is 22.6. The molecule has 1 amide bonds. The first-order valence-corrected chi connectivity index (χ1v) is 11.7. The number of fused-ring (bicyclic) bond motifs is 1. The highest BCUT2D eigenvalue weighted by Crippen LogP contribution is 2.41. The van der Waals surface area contributed by atoms with Crippen LogP contribution in [0.5, 0.6) is 0 Å². The summed E-state index contributed by atoms with van der Waals surface area (Å²) in [7, 11) is 0. The molecule has 31 heavy (non-hydrogen) atoms. The third kappa shape index (κ3) is 3.93. The Bertz CT molecular complexity index is 1210. The number of rotatable bonds is 4. The van der Waals surface area contributed by atoms with Gasteiger partial charge in [-0.2, -0.15) is 0 Å². The standard InChI is InChI=1S/C26H25N3OS/c27-23-22-20(17-10-4-1-5-11-17)16-21(18-12-6-2-7-13-18)29-26(22)31-24(23)25(30)28-19-14-8-3-9-15-19/h1-2,4-7,10-13,16,19H,3,8-9,14-15,27H2,(H,28,30). The fourth-order valence-corrected chi connectivity index (χ4v) is 5.41. The molecule has 0 aliphatic heterocycles. The van der Waals surface area contributed by atoms with Crippen molar-refractivity contribution in [3.05, 3.63) is 71.6 Å². The summed E-state index contributed by atoms with van der Waals surface area (Å²) in [4.78, 5) is 19.4. The number of aromatic nitrogens is 1. The molecule has 2 aromatic heterocycles. The van der Waals surface area contributed by atoms with Gasteiger partial charge >= 0.3 is 0 Å². The first-order chi connectivity index (χ1) is 15.2. The zero-order valence-electron chi connectivity index (χ0n) is 17.3. The summed E-state index contributed by atoms with van der Waals surface area (Å²) >= 11 is 1.39. The van der Waals surface area contributed by atoms with Crippen LogP contribution in [0.15, 0.2) is 66.7 Å². The fourth-order valence-electron chi connectivity index (χ4n) is 4.39. The van der Waals surface area contributed by atoms with E-state index in [0.29, 0.717) is 10.6 Å². The molecule has 1 fully saturated rings. The summed E-state index contributed by atoms with van der Waals surface area (Å²) in [6.07, 6.45) is 5.69. The second kappa shape index (κ2) is 8.52. The number of nitrogens with one attached hydrogen (secondary N) is 1. The molecule has 0 radical (unpaired) electrons. The lowest BCUT2D eigenvalue weighted by Gasteiger charge is -2.22. The normalized spacial score (nSPS) is 14.6. The van der Waals surface area contributed by atoms with E-state index in [1.807, 2.05) is 36.4 Å². The molecule has 5 rings (SSSR count). The van der Waals surface area contributed by atoms with Crippen molar-refractivity contribution >= 4 is 33.1 Å². The van der Waals surface area contributed by atoms with Crippen molar-refractivity contribution in [3.63, 3.8) is 0 Å². The van der Waals surface area contributed by atoms with Gasteiger partial charge in [0, 0.05) is 17.0 Å². The smallest absolute Gasteiger partial charge is 0.263 e. The number of carbonyl (C=O) groups excluding carboxylic acids is 1. The van der Waals surface area contributed by atoms with Gasteiger partial charge in [0.15, 0.2) is 0 Å². The highest BCUT2D eigenvalue weighted by molar-refractivity contribution is 7.21. The van der Waals surface area contributed by atoms with Gasteiger partial charge in [0.25, 0.3) is 5.91 Å². The van der Waals surface area contributed by atoms with Crippen molar-refractivity contribution in [2.24, 2.45) is 0 Å². The average Bonchev–Trinajstić information content (AvgIpc) is 3.17. The van der Waals surface area contributed by atoms with E-state index in [9.17, 15) is 4.79 Å². The number of benzene rings is 2. The summed E-state index contributed by atoms with van der Waals surface area (Å²) < 4.78 is 0. The van der Waals surface area contributed by atoms with Gasteiger partial charge in [0.05, 0.1) is 11.4 Å². The minimum Gasteiger partial charge on any atom is -0.397 e. The molecule has 0 saturated heterocycles. The van der Waals surface area contributed by atoms with Crippen molar-refractivity contribution in [3.8, 4) is 22.4 Å². The summed E-state index contributed by atoms with van der Waals surface area (Å²) in [5, 5.41) is 4.07. The average molecular weight is 428 g/mol. The van der Waals surface area contributed by atoms with Crippen LogP contribution < -0.4 is 11.1 Å². The second-order valence-electron chi connectivity index (χ2n) is 8.12. The first kappa shape index (κ1) is 19.8. The Labute approximate surface area is 186 Å². The lowest BCUT2D eigenvalue weighted by atomic mass is 9.95. The van der Waals surface area contributed by atoms with Crippen molar-refractivity contribution in [1.29, 1.82) is 0 Å². The number of thiophene rings is 1. The van der Waals surface area contributed by atoms with Gasteiger partial charge in [-0.05, 0) is 30.0 Å². The number of hydrogen-bond donors (Lipinski definition) is 2. The van der Waals surface area contributed by atoms with Crippen LogP contribution in [0.2, 0.25) is 0 Å². The SMILES string of the molecule is Nc1c(C(=O)NC2CCCCC2)sc2nc(-c3ccccc3)cc(-c3ccccc3)c12. The molecule has 0 atom stereocenters. The molecule has 1 aliphatic carbocycles. The molecule has 2 heterocycles. The van der Waals surface area contributed by atoms with E-state index in [0.717, 1.165) is 45.4 Å². The van der Waals surface area contributed by atoms with Crippen LogP contribution in [0.25, 0.3) is 32.6 Å². The quantitative estimate of drug-likeness (QED) is 0.403. The molecule has 4 aromatic rings. The largest absolute Gasteiger partial charge is 0.397 e. The van der Waals surface area contributed by atoms with E-state index in [1.165, 1.54) is 30.6 Å². The Morgan fingerprint density at radius 1 is 0.935 bits per heavy atom. The minimum atomic E-state index is -0.0762. The number of nitrogens with two attached hydrogens (primary N) is 1. The Kier molecular flexibility index (Phi) is 5.43. The molecule has 0 unspecified atom stereocenters. The van der Waals surface area contributed by atoms with Gasteiger partial charge in [-0.3, -0.25) is 4.79 Å². The highest BCUT2D eigenvalue weighted by atomic mass is 32.1. The van der Waals surface area contributed by atoms with Gasteiger partial charge in [-0.25, -0.2) is 4.98 Å². The predicted molar refractivity (Wildman–Crippen MR) is 129 cm³/mol. The van der Waals surface area contributed by atoms with Crippen molar-refractivity contribution in [2.45, 2.75) is 38.1 Å². The molecule has 0 bridgehead atoms. The van der Waals surface area contributed by atoms with Crippen molar-refractivity contribution in [2.75, 3.05) is 5.73 Å². The molecule has 156 valence electrons. The van der Waals surface area contributed by atoms with Gasteiger partial charge in [-0.1, -0.05) is 79.9 Å². The Morgan fingerprint density at radius 3 is 2.26 bits per heavy atom. The Morgan fingerprint density at radius 2 is 1.58 bits per heavy atom. The number of nitrogens with zero attached hydrogens (tertiary/aromatic N) is 1. The number of amides is 1. The van der Waals surface area contributed by atoms with Crippen LogP contribution >= 0.6 is 11.3 Å². The maximum atomic E-state index is 13.1. The lowest BCUT2D eigenvalue weighted by molar-refractivity contribution is 0.0932. The molecule has 4 nitrogen and oxygen atoms in total. The maximum Gasteiger partial charge on any atom is 0.263 e. The molecule has 1 aliphatic rings. The predicted octanol–water partition coefficient (Wildman–Crippen LogP) is 6.28. The summed E-state index contributed by atoms with van der Waals surface area (Å²) in [5.74, 6) is -0.0762. The van der Waals surface area contributed by atoms with Crippen LogP contribution in [0.4, 0.5) is 5.69 Å². The van der Waals surface area contributed by atoms with E-state index in [1.54, 1.807) is 0 Å². The Balaban J connectivity index is 1.63. The van der Waals surface area contributed by atoms with E-state index in [2.05, 4.69) is 35.6 Å². The van der Waals surface area contributed by atoms with Crippen molar-refractivity contribution < 1.29 is 4.79 Å². The topological polar surface area (TPSA) is 68.0 Å². The summed E-state index contributed by atoms with van der Waals surface area (Å²) in [5.41, 5.74) is 11.1.